The van der Waals surface area contributed by atoms with Gasteiger partial charge in [-0.05, 0) is 46.8 Å². The Morgan fingerprint density at radius 1 is 1.24 bits per heavy atom. The standard InChI is InChI=1S/C16H21BN4O4/c1-10-12(17-24-15(2,3)16(4,5)25-17)9-21(20-10)13-7-6-11(8-19-13)23-14(18)22/h6-9H,1-5H3,(H2,18,22). The molecule has 0 bridgehead atoms. The van der Waals surface area contributed by atoms with Crippen molar-refractivity contribution in [1.82, 2.24) is 14.8 Å². The summed E-state index contributed by atoms with van der Waals surface area (Å²) >= 11 is 0. The van der Waals surface area contributed by atoms with Crippen molar-refractivity contribution in [2.24, 2.45) is 5.73 Å². The maximum absolute atomic E-state index is 10.8. The molecule has 132 valence electrons. The Morgan fingerprint density at radius 3 is 2.40 bits per heavy atom. The van der Waals surface area contributed by atoms with E-state index in [-0.39, 0.29) is 5.75 Å². The number of pyridine rings is 1. The summed E-state index contributed by atoms with van der Waals surface area (Å²) in [5, 5.41) is 4.47. The molecule has 2 aromatic heterocycles. The first kappa shape index (κ1) is 17.4. The van der Waals surface area contributed by atoms with Crippen molar-refractivity contribution in [2.75, 3.05) is 0 Å². The predicted octanol–water partition coefficient (Wildman–Crippen LogP) is 1.33. The zero-order valence-corrected chi connectivity index (χ0v) is 14.9. The molecule has 0 aliphatic carbocycles. The van der Waals surface area contributed by atoms with Crippen LogP contribution in [0.15, 0.2) is 24.5 Å². The lowest BCUT2D eigenvalue weighted by atomic mass is 9.79. The Bertz CT molecular complexity index is 785. The van der Waals surface area contributed by atoms with Gasteiger partial charge in [-0.25, -0.2) is 14.5 Å². The second kappa shape index (κ2) is 5.85. The number of amides is 1. The van der Waals surface area contributed by atoms with E-state index in [4.69, 9.17) is 19.8 Å². The normalized spacial score (nSPS) is 18.4. The smallest absolute Gasteiger partial charge is 0.409 e. The van der Waals surface area contributed by atoms with Gasteiger partial charge in [0.2, 0.25) is 0 Å². The van der Waals surface area contributed by atoms with E-state index in [1.54, 1.807) is 16.8 Å². The van der Waals surface area contributed by atoms with Crippen LogP contribution in [0, 0.1) is 6.92 Å². The first-order valence-electron chi connectivity index (χ1n) is 7.94. The summed E-state index contributed by atoms with van der Waals surface area (Å²) < 4.78 is 18.5. The number of aromatic nitrogens is 3. The average molecular weight is 344 g/mol. The summed E-state index contributed by atoms with van der Waals surface area (Å²) in [4.78, 5) is 15.0. The molecule has 1 saturated heterocycles. The number of hydrogen-bond donors (Lipinski definition) is 1. The quantitative estimate of drug-likeness (QED) is 0.843. The molecule has 0 radical (unpaired) electrons. The summed E-state index contributed by atoms with van der Waals surface area (Å²) in [6.07, 6.45) is 2.35. The fraction of sp³-hybridized carbons (Fsp3) is 0.438. The van der Waals surface area contributed by atoms with E-state index < -0.39 is 24.4 Å². The summed E-state index contributed by atoms with van der Waals surface area (Å²) in [7, 11) is -0.490. The molecule has 2 N–H and O–H groups in total. The number of carbonyl (C=O) groups excluding carboxylic acids is 1. The molecule has 0 aromatic carbocycles. The average Bonchev–Trinajstić information content (AvgIpc) is 2.97. The van der Waals surface area contributed by atoms with Gasteiger partial charge in [-0.2, -0.15) is 5.10 Å². The third kappa shape index (κ3) is 3.25. The lowest BCUT2D eigenvalue weighted by Gasteiger charge is -2.32. The highest BCUT2D eigenvalue weighted by molar-refractivity contribution is 6.62. The summed E-state index contributed by atoms with van der Waals surface area (Å²) in [6.45, 7) is 9.91. The van der Waals surface area contributed by atoms with Crippen LogP contribution in [-0.2, 0) is 9.31 Å². The third-order valence-electron chi connectivity index (χ3n) is 4.62. The molecule has 8 nitrogen and oxygen atoms in total. The van der Waals surface area contributed by atoms with Crippen molar-refractivity contribution in [2.45, 2.75) is 45.8 Å². The minimum atomic E-state index is -0.882. The molecule has 2 aromatic rings. The van der Waals surface area contributed by atoms with Gasteiger partial charge in [0.05, 0.1) is 23.1 Å². The Kier molecular flexibility index (Phi) is 4.08. The zero-order valence-electron chi connectivity index (χ0n) is 14.9. The number of ether oxygens (including phenoxy) is 1. The zero-order chi connectivity index (χ0) is 18.4. The minimum Gasteiger partial charge on any atom is -0.409 e. The maximum Gasteiger partial charge on any atom is 0.498 e. The van der Waals surface area contributed by atoms with Gasteiger partial charge in [0.1, 0.15) is 0 Å². The van der Waals surface area contributed by atoms with Gasteiger partial charge >= 0.3 is 13.2 Å². The third-order valence-corrected chi connectivity index (χ3v) is 4.62. The van der Waals surface area contributed by atoms with Gasteiger partial charge in [0, 0.05) is 11.7 Å². The molecule has 0 atom stereocenters. The Morgan fingerprint density at radius 2 is 1.88 bits per heavy atom. The highest BCUT2D eigenvalue weighted by Crippen LogP contribution is 2.36. The number of rotatable bonds is 3. The number of nitrogens with zero attached hydrogens (tertiary/aromatic N) is 3. The van der Waals surface area contributed by atoms with Gasteiger partial charge in [0.25, 0.3) is 0 Å². The Labute approximate surface area is 146 Å². The van der Waals surface area contributed by atoms with Crippen LogP contribution in [0.25, 0.3) is 5.82 Å². The van der Waals surface area contributed by atoms with Crippen LogP contribution in [0.2, 0.25) is 0 Å². The molecule has 0 unspecified atom stereocenters. The van der Waals surface area contributed by atoms with Gasteiger partial charge in [-0.3, -0.25) is 0 Å². The van der Waals surface area contributed by atoms with Gasteiger partial charge in [-0.1, -0.05) is 0 Å². The van der Waals surface area contributed by atoms with Crippen LogP contribution in [0.4, 0.5) is 4.79 Å². The van der Waals surface area contributed by atoms with Crippen LogP contribution >= 0.6 is 0 Å². The fourth-order valence-corrected chi connectivity index (χ4v) is 2.48. The van der Waals surface area contributed by atoms with E-state index in [0.717, 1.165) is 11.2 Å². The molecular formula is C16H21BN4O4. The van der Waals surface area contributed by atoms with Gasteiger partial charge < -0.3 is 19.8 Å². The van der Waals surface area contributed by atoms with Crippen molar-refractivity contribution in [3.63, 3.8) is 0 Å². The van der Waals surface area contributed by atoms with E-state index in [9.17, 15) is 4.79 Å². The molecule has 1 fully saturated rings. The topological polar surface area (TPSA) is 101 Å². The highest BCUT2D eigenvalue weighted by Gasteiger charge is 2.52. The van der Waals surface area contributed by atoms with E-state index in [2.05, 4.69) is 10.1 Å². The molecule has 1 aliphatic heterocycles. The molecule has 0 spiro atoms. The number of carbonyl (C=O) groups is 1. The molecule has 0 saturated carbocycles. The number of primary amides is 1. The van der Waals surface area contributed by atoms with Crippen molar-refractivity contribution >= 4 is 18.7 Å². The van der Waals surface area contributed by atoms with E-state index >= 15 is 0 Å². The first-order chi connectivity index (χ1) is 11.6. The van der Waals surface area contributed by atoms with E-state index in [1.165, 1.54) is 6.20 Å². The predicted molar refractivity (Wildman–Crippen MR) is 92.0 cm³/mol. The largest absolute Gasteiger partial charge is 0.498 e. The van der Waals surface area contributed by atoms with Crippen LogP contribution in [0.3, 0.4) is 0 Å². The van der Waals surface area contributed by atoms with Crippen LogP contribution < -0.4 is 15.9 Å². The van der Waals surface area contributed by atoms with Crippen LogP contribution in [0.1, 0.15) is 33.4 Å². The van der Waals surface area contributed by atoms with Crippen LogP contribution in [0.5, 0.6) is 5.75 Å². The summed E-state index contributed by atoms with van der Waals surface area (Å²) in [5.41, 5.74) is 5.77. The number of nitrogens with two attached hydrogens (primary N) is 1. The Balaban J connectivity index is 1.85. The van der Waals surface area contributed by atoms with Crippen molar-refractivity contribution < 1.29 is 18.8 Å². The van der Waals surface area contributed by atoms with E-state index in [1.807, 2.05) is 40.8 Å². The van der Waals surface area contributed by atoms with Crippen molar-refractivity contribution in [3.05, 3.63) is 30.2 Å². The monoisotopic (exact) mass is 344 g/mol. The first-order valence-corrected chi connectivity index (χ1v) is 7.94. The SMILES string of the molecule is Cc1nn(-c2ccc(OC(N)=O)cn2)cc1B1OC(C)(C)C(C)(C)O1. The summed E-state index contributed by atoms with van der Waals surface area (Å²) in [5.74, 6) is 0.842. The Hall–Kier alpha value is -2.39. The van der Waals surface area contributed by atoms with Crippen molar-refractivity contribution in [3.8, 4) is 11.6 Å². The molecule has 25 heavy (non-hydrogen) atoms. The highest BCUT2D eigenvalue weighted by atomic mass is 16.7. The van der Waals surface area contributed by atoms with Gasteiger partial charge in [-0.15, -0.1) is 0 Å². The molecule has 9 heteroatoms. The second-order valence-electron chi connectivity index (χ2n) is 6.98. The lowest BCUT2D eigenvalue weighted by Crippen LogP contribution is -2.41. The van der Waals surface area contributed by atoms with Gasteiger partial charge in [0.15, 0.2) is 11.6 Å². The maximum atomic E-state index is 10.8. The molecule has 3 heterocycles. The molecule has 1 aliphatic rings. The number of aryl methyl sites for hydroxylation is 1. The fourth-order valence-electron chi connectivity index (χ4n) is 2.48. The molecular weight excluding hydrogens is 323 g/mol. The lowest BCUT2D eigenvalue weighted by molar-refractivity contribution is 0.00578. The second-order valence-corrected chi connectivity index (χ2v) is 6.98. The minimum absolute atomic E-state index is 0.270. The molecule has 1 amide bonds. The summed E-state index contributed by atoms with van der Waals surface area (Å²) in [6, 6.07) is 3.28. The number of hydrogen-bond acceptors (Lipinski definition) is 6. The van der Waals surface area contributed by atoms with Crippen LogP contribution in [-0.4, -0.2) is 39.2 Å². The van der Waals surface area contributed by atoms with E-state index in [0.29, 0.717) is 5.82 Å². The van der Waals surface area contributed by atoms with Crippen molar-refractivity contribution in [1.29, 1.82) is 0 Å². The molecule has 3 rings (SSSR count).